The number of methoxy groups -OCH3 is 1. The summed E-state index contributed by atoms with van der Waals surface area (Å²) in [5.74, 6) is 1.71. The minimum absolute atomic E-state index is 0.475. The number of nitrogens with two attached hydrogens (primary N) is 1. The molecule has 1 aromatic rings. The first-order chi connectivity index (χ1) is 9.31. The van der Waals surface area contributed by atoms with Crippen molar-refractivity contribution in [1.82, 2.24) is 0 Å². The van der Waals surface area contributed by atoms with Crippen LogP contribution in [-0.2, 0) is 6.54 Å². The van der Waals surface area contributed by atoms with Crippen LogP contribution in [0.1, 0.15) is 51.0 Å². The maximum Gasteiger partial charge on any atom is 0.124 e. The van der Waals surface area contributed by atoms with Crippen LogP contribution in [0.15, 0.2) is 18.2 Å². The van der Waals surface area contributed by atoms with Crippen LogP contribution in [0.5, 0.6) is 11.5 Å². The molecule has 0 unspecified atom stereocenters. The van der Waals surface area contributed by atoms with Crippen LogP contribution in [0, 0.1) is 0 Å². The summed E-state index contributed by atoms with van der Waals surface area (Å²) in [6, 6.07) is 5.80. The summed E-state index contributed by atoms with van der Waals surface area (Å²) in [6.45, 7) is 3.48. The average molecular weight is 265 g/mol. The molecule has 0 heterocycles. The standard InChI is InChI=1S/C16H27NO2/c1-3-4-5-6-7-8-11-19-16-10-9-15(18-2)12-14(16)13-17/h9-10,12H,3-8,11,13,17H2,1-2H3. The van der Waals surface area contributed by atoms with E-state index in [9.17, 15) is 0 Å². The molecule has 0 saturated carbocycles. The molecule has 0 spiro atoms. The SMILES string of the molecule is CCCCCCCCOc1ccc(OC)cc1CN. The monoisotopic (exact) mass is 265 g/mol. The van der Waals surface area contributed by atoms with Crippen molar-refractivity contribution in [3.05, 3.63) is 23.8 Å². The third kappa shape index (κ3) is 5.97. The van der Waals surface area contributed by atoms with Crippen molar-refractivity contribution in [1.29, 1.82) is 0 Å². The molecule has 1 aromatic carbocycles. The van der Waals surface area contributed by atoms with Crippen LogP contribution in [-0.4, -0.2) is 13.7 Å². The lowest BCUT2D eigenvalue weighted by Crippen LogP contribution is -2.04. The molecule has 0 aliphatic rings. The highest BCUT2D eigenvalue weighted by atomic mass is 16.5. The van der Waals surface area contributed by atoms with Gasteiger partial charge in [-0.2, -0.15) is 0 Å². The minimum atomic E-state index is 0.475. The van der Waals surface area contributed by atoms with Crippen LogP contribution >= 0.6 is 0 Å². The van der Waals surface area contributed by atoms with Gasteiger partial charge in [-0.25, -0.2) is 0 Å². The number of hydrogen-bond acceptors (Lipinski definition) is 3. The predicted octanol–water partition coefficient (Wildman–Crippen LogP) is 3.89. The summed E-state index contributed by atoms with van der Waals surface area (Å²) in [5, 5.41) is 0. The lowest BCUT2D eigenvalue weighted by molar-refractivity contribution is 0.300. The fourth-order valence-electron chi connectivity index (χ4n) is 2.05. The summed E-state index contributed by atoms with van der Waals surface area (Å²) in [5.41, 5.74) is 6.73. The second-order valence-corrected chi connectivity index (χ2v) is 4.79. The number of hydrogen-bond donors (Lipinski definition) is 1. The van der Waals surface area contributed by atoms with E-state index in [0.717, 1.165) is 30.1 Å². The molecular weight excluding hydrogens is 238 g/mol. The Labute approximate surface area is 117 Å². The third-order valence-electron chi connectivity index (χ3n) is 3.24. The van der Waals surface area contributed by atoms with Crippen molar-refractivity contribution in [3.63, 3.8) is 0 Å². The average Bonchev–Trinajstić information content (AvgIpc) is 2.46. The summed E-state index contributed by atoms with van der Waals surface area (Å²) in [6.07, 6.45) is 7.64. The van der Waals surface area contributed by atoms with E-state index in [1.165, 1.54) is 32.1 Å². The smallest absolute Gasteiger partial charge is 0.124 e. The van der Waals surface area contributed by atoms with Crippen molar-refractivity contribution < 1.29 is 9.47 Å². The van der Waals surface area contributed by atoms with Crippen LogP contribution in [0.4, 0.5) is 0 Å². The first-order valence-electron chi connectivity index (χ1n) is 7.31. The molecule has 108 valence electrons. The summed E-state index contributed by atoms with van der Waals surface area (Å²) in [4.78, 5) is 0. The Morgan fingerprint density at radius 3 is 2.47 bits per heavy atom. The van der Waals surface area contributed by atoms with Crippen molar-refractivity contribution in [2.45, 2.75) is 52.0 Å². The van der Waals surface area contributed by atoms with E-state index in [1.807, 2.05) is 18.2 Å². The van der Waals surface area contributed by atoms with Crippen LogP contribution in [0.2, 0.25) is 0 Å². The molecule has 0 atom stereocenters. The van der Waals surface area contributed by atoms with Gasteiger partial charge < -0.3 is 15.2 Å². The van der Waals surface area contributed by atoms with Gasteiger partial charge in [-0.05, 0) is 24.6 Å². The zero-order chi connectivity index (χ0) is 13.9. The highest BCUT2D eigenvalue weighted by Gasteiger charge is 2.04. The Bertz CT molecular complexity index is 353. The van der Waals surface area contributed by atoms with E-state index in [2.05, 4.69) is 6.92 Å². The van der Waals surface area contributed by atoms with Crippen molar-refractivity contribution >= 4 is 0 Å². The molecule has 0 bridgehead atoms. The van der Waals surface area contributed by atoms with Gasteiger partial charge in [0.05, 0.1) is 13.7 Å². The van der Waals surface area contributed by atoms with Gasteiger partial charge in [0.25, 0.3) is 0 Å². The summed E-state index contributed by atoms with van der Waals surface area (Å²) in [7, 11) is 1.66. The lowest BCUT2D eigenvalue weighted by atomic mass is 10.1. The van der Waals surface area contributed by atoms with E-state index in [0.29, 0.717) is 6.54 Å². The van der Waals surface area contributed by atoms with Gasteiger partial charge in [0.1, 0.15) is 11.5 Å². The molecule has 0 fully saturated rings. The molecule has 3 heteroatoms. The van der Waals surface area contributed by atoms with Gasteiger partial charge in [0, 0.05) is 12.1 Å². The third-order valence-corrected chi connectivity index (χ3v) is 3.24. The Balaban J connectivity index is 2.28. The second-order valence-electron chi connectivity index (χ2n) is 4.79. The molecular formula is C16H27NO2. The van der Waals surface area contributed by atoms with Crippen molar-refractivity contribution in [2.75, 3.05) is 13.7 Å². The first kappa shape index (κ1) is 15.8. The molecule has 3 nitrogen and oxygen atoms in total. The Kier molecular flexibility index (Phi) is 8.07. The van der Waals surface area contributed by atoms with Gasteiger partial charge in [0.15, 0.2) is 0 Å². The highest BCUT2D eigenvalue weighted by molar-refractivity contribution is 5.40. The molecule has 0 aliphatic heterocycles. The van der Waals surface area contributed by atoms with Crippen LogP contribution < -0.4 is 15.2 Å². The van der Waals surface area contributed by atoms with E-state index < -0.39 is 0 Å². The zero-order valence-electron chi connectivity index (χ0n) is 12.3. The largest absolute Gasteiger partial charge is 0.497 e. The lowest BCUT2D eigenvalue weighted by Gasteiger charge is -2.11. The van der Waals surface area contributed by atoms with Gasteiger partial charge in [-0.3, -0.25) is 0 Å². The second kappa shape index (κ2) is 9.68. The van der Waals surface area contributed by atoms with Gasteiger partial charge in [0.2, 0.25) is 0 Å². The molecule has 0 saturated heterocycles. The van der Waals surface area contributed by atoms with E-state index in [-0.39, 0.29) is 0 Å². The molecule has 0 radical (unpaired) electrons. The quantitative estimate of drug-likeness (QED) is 0.653. The Hall–Kier alpha value is -1.22. The first-order valence-corrected chi connectivity index (χ1v) is 7.31. The zero-order valence-corrected chi connectivity index (χ0v) is 12.3. The van der Waals surface area contributed by atoms with Crippen molar-refractivity contribution in [2.24, 2.45) is 5.73 Å². The Morgan fingerprint density at radius 2 is 1.79 bits per heavy atom. The fourth-order valence-corrected chi connectivity index (χ4v) is 2.05. The predicted molar refractivity (Wildman–Crippen MR) is 79.8 cm³/mol. The van der Waals surface area contributed by atoms with Crippen LogP contribution in [0.3, 0.4) is 0 Å². The maximum atomic E-state index is 5.80. The van der Waals surface area contributed by atoms with E-state index >= 15 is 0 Å². The fraction of sp³-hybridized carbons (Fsp3) is 0.625. The molecule has 0 aliphatic carbocycles. The number of rotatable bonds is 10. The highest BCUT2D eigenvalue weighted by Crippen LogP contribution is 2.24. The maximum absolute atomic E-state index is 5.80. The number of ether oxygens (including phenoxy) is 2. The van der Waals surface area contributed by atoms with E-state index in [1.54, 1.807) is 7.11 Å². The molecule has 0 amide bonds. The number of unbranched alkanes of at least 4 members (excludes halogenated alkanes) is 5. The molecule has 2 N–H and O–H groups in total. The van der Waals surface area contributed by atoms with Gasteiger partial charge >= 0.3 is 0 Å². The molecule has 0 aromatic heterocycles. The molecule has 19 heavy (non-hydrogen) atoms. The normalized spacial score (nSPS) is 10.5. The molecule has 1 rings (SSSR count). The topological polar surface area (TPSA) is 44.5 Å². The van der Waals surface area contributed by atoms with E-state index in [4.69, 9.17) is 15.2 Å². The van der Waals surface area contributed by atoms with Gasteiger partial charge in [-0.15, -0.1) is 0 Å². The Morgan fingerprint density at radius 1 is 1.05 bits per heavy atom. The minimum Gasteiger partial charge on any atom is -0.497 e. The summed E-state index contributed by atoms with van der Waals surface area (Å²) < 4.78 is 11.0. The number of benzene rings is 1. The summed E-state index contributed by atoms with van der Waals surface area (Å²) >= 11 is 0. The van der Waals surface area contributed by atoms with Gasteiger partial charge in [-0.1, -0.05) is 39.0 Å². The van der Waals surface area contributed by atoms with Crippen molar-refractivity contribution in [3.8, 4) is 11.5 Å². The van der Waals surface area contributed by atoms with Crippen LogP contribution in [0.25, 0.3) is 0 Å².